The molecule has 0 spiro atoms. The molecule has 0 aliphatic heterocycles. The highest BCUT2D eigenvalue weighted by molar-refractivity contribution is 5.57. The number of non-ortho nitro benzene ring substituents is 1. The third kappa shape index (κ3) is 3.12. The first-order valence-corrected chi connectivity index (χ1v) is 6.83. The Labute approximate surface area is 122 Å². The van der Waals surface area contributed by atoms with Crippen LogP contribution in [-0.2, 0) is 0 Å². The molecule has 7 heteroatoms. The molecule has 1 aliphatic rings. The summed E-state index contributed by atoms with van der Waals surface area (Å²) in [5.74, 6) is 0. The number of rotatable bonds is 6. The van der Waals surface area contributed by atoms with Crippen LogP contribution in [0.4, 0.5) is 20.2 Å². The molecule has 1 aromatic carbocycles. The van der Waals surface area contributed by atoms with Gasteiger partial charge in [0.1, 0.15) is 0 Å². The van der Waals surface area contributed by atoms with Gasteiger partial charge in [0, 0.05) is 35.5 Å². The number of nitrogens with one attached hydrogen (secondary N) is 1. The van der Waals surface area contributed by atoms with Gasteiger partial charge in [-0.05, 0) is 39.4 Å². The maximum Gasteiger partial charge on any atom is 0.270 e. The molecule has 2 rings (SSSR count). The summed E-state index contributed by atoms with van der Waals surface area (Å²) in [5, 5.41) is 13.7. The monoisotopic (exact) mass is 299 g/mol. The first kappa shape index (κ1) is 15.6. The number of hydrogen-bond donors (Lipinski definition) is 1. The SMILES string of the molecule is CN(C)C1(CNc2ccc([N+](=O)[O-])cc2C(F)F)CCC1. The third-order valence-electron chi connectivity index (χ3n) is 4.32. The summed E-state index contributed by atoms with van der Waals surface area (Å²) in [7, 11) is 3.95. The first-order valence-electron chi connectivity index (χ1n) is 6.83. The smallest absolute Gasteiger partial charge is 0.270 e. The first-order chi connectivity index (χ1) is 9.85. The van der Waals surface area contributed by atoms with Crippen LogP contribution >= 0.6 is 0 Å². The highest BCUT2D eigenvalue weighted by atomic mass is 19.3. The maximum absolute atomic E-state index is 13.1. The van der Waals surface area contributed by atoms with Gasteiger partial charge in [-0.1, -0.05) is 0 Å². The Balaban J connectivity index is 2.18. The van der Waals surface area contributed by atoms with Crippen LogP contribution in [0.2, 0.25) is 0 Å². The molecule has 0 heterocycles. The zero-order chi connectivity index (χ0) is 15.6. The van der Waals surface area contributed by atoms with Crippen LogP contribution in [0.1, 0.15) is 31.3 Å². The number of alkyl halides is 2. The minimum absolute atomic E-state index is 0.0127. The fraction of sp³-hybridized carbons (Fsp3) is 0.571. The van der Waals surface area contributed by atoms with E-state index in [4.69, 9.17) is 0 Å². The predicted octanol–water partition coefficient (Wildman–Crippen LogP) is 3.43. The zero-order valence-electron chi connectivity index (χ0n) is 12.1. The van der Waals surface area contributed by atoms with Crippen LogP contribution in [-0.4, -0.2) is 36.0 Å². The van der Waals surface area contributed by atoms with Crippen LogP contribution in [0, 0.1) is 10.1 Å². The molecule has 0 radical (unpaired) electrons. The lowest BCUT2D eigenvalue weighted by atomic mass is 9.75. The molecule has 0 unspecified atom stereocenters. The van der Waals surface area contributed by atoms with Crippen molar-refractivity contribution in [2.24, 2.45) is 0 Å². The van der Waals surface area contributed by atoms with Crippen molar-refractivity contribution in [3.63, 3.8) is 0 Å². The fourth-order valence-corrected chi connectivity index (χ4v) is 2.63. The molecule has 1 N–H and O–H groups in total. The summed E-state index contributed by atoms with van der Waals surface area (Å²) >= 11 is 0. The van der Waals surface area contributed by atoms with Crippen molar-refractivity contribution in [3.8, 4) is 0 Å². The molecule has 1 fully saturated rings. The average molecular weight is 299 g/mol. The Morgan fingerprint density at radius 1 is 1.43 bits per heavy atom. The molecule has 0 aromatic heterocycles. The number of likely N-dealkylation sites (N-methyl/N-ethyl adjacent to an activating group) is 1. The zero-order valence-corrected chi connectivity index (χ0v) is 12.1. The lowest BCUT2D eigenvalue weighted by Gasteiger charge is -2.47. The van der Waals surface area contributed by atoms with Gasteiger partial charge in [0.05, 0.1) is 4.92 Å². The van der Waals surface area contributed by atoms with E-state index in [1.165, 1.54) is 12.1 Å². The molecule has 116 valence electrons. The Bertz CT molecular complexity index is 531. The standard InChI is InChI=1S/C14H19F2N3O2/c1-18(2)14(6-3-7-14)9-17-12-5-4-10(19(20)21)8-11(12)13(15)16/h4-5,8,13,17H,3,6-7,9H2,1-2H3. The quantitative estimate of drug-likeness (QED) is 0.646. The molecular weight excluding hydrogens is 280 g/mol. The van der Waals surface area contributed by atoms with Crippen molar-refractivity contribution in [3.05, 3.63) is 33.9 Å². The van der Waals surface area contributed by atoms with Crippen molar-refractivity contribution in [2.75, 3.05) is 26.0 Å². The number of benzene rings is 1. The molecule has 5 nitrogen and oxygen atoms in total. The van der Waals surface area contributed by atoms with Gasteiger partial charge < -0.3 is 10.2 Å². The van der Waals surface area contributed by atoms with E-state index in [9.17, 15) is 18.9 Å². The van der Waals surface area contributed by atoms with E-state index in [2.05, 4.69) is 10.2 Å². The minimum Gasteiger partial charge on any atom is -0.383 e. The van der Waals surface area contributed by atoms with E-state index in [1.54, 1.807) is 0 Å². The summed E-state index contributed by atoms with van der Waals surface area (Å²) in [6.45, 7) is 0.553. The van der Waals surface area contributed by atoms with Crippen LogP contribution < -0.4 is 5.32 Å². The molecular formula is C14H19F2N3O2. The van der Waals surface area contributed by atoms with Gasteiger partial charge >= 0.3 is 0 Å². The molecule has 1 aliphatic carbocycles. The maximum atomic E-state index is 13.1. The number of halogens is 2. The van der Waals surface area contributed by atoms with Crippen molar-refractivity contribution >= 4 is 11.4 Å². The summed E-state index contributed by atoms with van der Waals surface area (Å²) in [4.78, 5) is 12.1. The second-order valence-electron chi connectivity index (χ2n) is 5.66. The molecule has 1 aromatic rings. The average Bonchev–Trinajstić information content (AvgIpc) is 2.36. The van der Waals surface area contributed by atoms with Crippen molar-refractivity contribution in [1.29, 1.82) is 0 Å². The highest BCUT2D eigenvalue weighted by Gasteiger charge is 2.39. The van der Waals surface area contributed by atoms with Gasteiger partial charge in [0.15, 0.2) is 0 Å². The van der Waals surface area contributed by atoms with Crippen LogP contribution in [0.5, 0.6) is 0 Å². The molecule has 0 saturated heterocycles. The van der Waals surface area contributed by atoms with Gasteiger partial charge in [-0.2, -0.15) is 0 Å². The van der Waals surface area contributed by atoms with E-state index >= 15 is 0 Å². The Hall–Kier alpha value is -1.76. The van der Waals surface area contributed by atoms with E-state index < -0.39 is 11.3 Å². The third-order valence-corrected chi connectivity index (χ3v) is 4.32. The van der Waals surface area contributed by atoms with Crippen LogP contribution in [0.3, 0.4) is 0 Å². The van der Waals surface area contributed by atoms with E-state index in [-0.39, 0.29) is 22.5 Å². The van der Waals surface area contributed by atoms with E-state index in [0.717, 1.165) is 25.3 Å². The summed E-state index contributed by atoms with van der Waals surface area (Å²) in [6, 6.07) is 3.55. The number of nitrogens with zero attached hydrogens (tertiary/aromatic N) is 2. The predicted molar refractivity (Wildman–Crippen MR) is 76.8 cm³/mol. The summed E-state index contributed by atoms with van der Waals surface area (Å²) in [6.07, 6.45) is 0.416. The van der Waals surface area contributed by atoms with Crippen molar-refractivity contribution in [2.45, 2.75) is 31.2 Å². The van der Waals surface area contributed by atoms with Gasteiger partial charge in [0.25, 0.3) is 12.1 Å². The van der Waals surface area contributed by atoms with Gasteiger partial charge in [-0.3, -0.25) is 10.1 Å². The second-order valence-corrected chi connectivity index (χ2v) is 5.66. The number of nitro groups is 1. The van der Waals surface area contributed by atoms with Crippen molar-refractivity contribution < 1.29 is 13.7 Å². The van der Waals surface area contributed by atoms with Crippen LogP contribution in [0.25, 0.3) is 0 Å². The summed E-state index contributed by atoms with van der Waals surface area (Å²) < 4.78 is 26.1. The molecule has 21 heavy (non-hydrogen) atoms. The lowest BCUT2D eigenvalue weighted by molar-refractivity contribution is -0.385. The highest BCUT2D eigenvalue weighted by Crippen LogP contribution is 2.37. The largest absolute Gasteiger partial charge is 0.383 e. The van der Waals surface area contributed by atoms with Crippen molar-refractivity contribution in [1.82, 2.24) is 4.90 Å². The van der Waals surface area contributed by atoms with Gasteiger partial charge in [0.2, 0.25) is 0 Å². The molecule has 0 bridgehead atoms. The second kappa shape index (κ2) is 5.93. The minimum atomic E-state index is -2.75. The van der Waals surface area contributed by atoms with Gasteiger partial charge in [-0.15, -0.1) is 0 Å². The number of nitro benzene ring substituents is 1. The summed E-state index contributed by atoms with van der Waals surface area (Å²) in [5.41, 5.74) is -0.385. The topological polar surface area (TPSA) is 58.4 Å². The lowest BCUT2D eigenvalue weighted by Crippen LogP contribution is -2.54. The Morgan fingerprint density at radius 2 is 2.10 bits per heavy atom. The normalized spacial score (nSPS) is 16.9. The molecule has 1 saturated carbocycles. The molecule has 0 amide bonds. The Morgan fingerprint density at radius 3 is 2.52 bits per heavy atom. The number of hydrogen-bond acceptors (Lipinski definition) is 4. The molecule has 0 atom stereocenters. The van der Waals surface area contributed by atoms with Gasteiger partial charge in [-0.25, -0.2) is 8.78 Å². The van der Waals surface area contributed by atoms with Crippen LogP contribution in [0.15, 0.2) is 18.2 Å². The Kier molecular flexibility index (Phi) is 4.41. The van der Waals surface area contributed by atoms with E-state index in [1.807, 2.05) is 14.1 Å². The fourth-order valence-electron chi connectivity index (χ4n) is 2.63. The van der Waals surface area contributed by atoms with E-state index in [0.29, 0.717) is 6.54 Å². The number of anilines is 1.